The fourth-order valence-corrected chi connectivity index (χ4v) is 2.63. The predicted molar refractivity (Wildman–Crippen MR) is 104 cm³/mol. The molecule has 3 rings (SSSR count). The summed E-state index contributed by atoms with van der Waals surface area (Å²) in [6.45, 7) is 5.48. The molecule has 0 saturated carbocycles. The van der Waals surface area contributed by atoms with E-state index in [0.29, 0.717) is 0 Å². The minimum atomic E-state index is -4.69. The average molecular weight is 424 g/mol. The second-order valence-corrected chi connectivity index (χ2v) is 7.64. The number of nitrogens with two attached hydrogens (primary N) is 2. The van der Waals surface area contributed by atoms with Gasteiger partial charge in [0, 0.05) is 17.3 Å². The van der Waals surface area contributed by atoms with Gasteiger partial charge in [-0.1, -0.05) is 0 Å². The van der Waals surface area contributed by atoms with Crippen molar-refractivity contribution in [2.24, 2.45) is 15.7 Å². The molecule has 3 heterocycles. The molecule has 0 fully saturated rings. The first-order valence-corrected chi connectivity index (χ1v) is 8.77. The zero-order chi connectivity index (χ0) is 22.3. The van der Waals surface area contributed by atoms with Crippen LogP contribution in [-0.2, 0) is 12.0 Å². The number of rotatable bonds is 2. The lowest BCUT2D eigenvalue weighted by atomic mass is 10.1. The summed E-state index contributed by atoms with van der Waals surface area (Å²) in [5.41, 5.74) is 9.92. The molecule has 2 aromatic heterocycles. The summed E-state index contributed by atoms with van der Waals surface area (Å²) in [5.74, 6) is -2.80. The smallest absolute Gasteiger partial charge is 0.384 e. The number of nitrogens with one attached hydrogen (secondary N) is 2. The van der Waals surface area contributed by atoms with Crippen LogP contribution in [0.1, 0.15) is 37.7 Å². The third-order valence-electron chi connectivity index (χ3n) is 3.86. The minimum Gasteiger partial charge on any atom is -0.384 e. The van der Waals surface area contributed by atoms with Crippen LogP contribution in [0.3, 0.4) is 0 Å². The topological polar surface area (TPSA) is 127 Å². The highest BCUT2D eigenvalue weighted by atomic mass is 19.4. The van der Waals surface area contributed by atoms with E-state index < -0.39 is 29.0 Å². The maximum absolute atomic E-state index is 14.4. The number of alkyl halides is 3. The largest absolute Gasteiger partial charge is 0.433 e. The van der Waals surface area contributed by atoms with E-state index in [-0.39, 0.29) is 28.9 Å². The quantitative estimate of drug-likeness (QED) is 0.547. The number of anilines is 1. The van der Waals surface area contributed by atoms with Crippen LogP contribution in [0, 0.1) is 5.82 Å². The summed E-state index contributed by atoms with van der Waals surface area (Å²) in [7, 11) is 0. The lowest BCUT2D eigenvalue weighted by Gasteiger charge is -2.32. The van der Waals surface area contributed by atoms with E-state index >= 15 is 0 Å². The second kappa shape index (κ2) is 7.20. The van der Waals surface area contributed by atoms with Crippen LogP contribution in [0.25, 0.3) is 0 Å². The Hall–Kier alpha value is -3.28. The summed E-state index contributed by atoms with van der Waals surface area (Å²) in [5, 5.41) is 5.80. The minimum absolute atomic E-state index is 0.0228. The Kier molecular flexibility index (Phi) is 5.14. The molecule has 1 unspecified atom stereocenters. The molecule has 1 aliphatic heterocycles. The molecule has 0 aliphatic carbocycles. The van der Waals surface area contributed by atoms with E-state index in [1.165, 1.54) is 12.1 Å². The fraction of sp³-hybridized carbons (Fsp3) is 0.333. The molecule has 0 spiro atoms. The van der Waals surface area contributed by atoms with Gasteiger partial charge in [0.25, 0.3) is 0 Å². The number of amidine groups is 1. The molecule has 2 aromatic rings. The van der Waals surface area contributed by atoms with Crippen LogP contribution in [0.2, 0.25) is 0 Å². The van der Waals surface area contributed by atoms with E-state index in [1.807, 2.05) is 20.8 Å². The number of guanidine groups is 1. The van der Waals surface area contributed by atoms with Crippen LogP contribution >= 0.6 is 0 Å². The molecule has 6 N–H and O–H groups in total. The van der Waals surface area contributed by atoms with Gasteiger partial charge >= 0.3 is 6.18 Å². The molecule has 12 heteroatoms. The summed E-state index contributed by atoms with van der Waals surface area (Å²) < 4.78 is 53.8. The van der Waals surface area contributed by atoms with E-state index in [0.717, 1.165) is 18.3 Å². The summed E-state index contributed by atoms with van der Waals surface area (Å²) in [4.78, 5) is 15.6. The van der Waals surface area contributed by atoms with Crippen molar-refractivity contribution in [2.75, 3.05) is 5.73 Å². The maximum atomic E-state index is 14.4. The van der Waals surface area contributed by atoms with Crippen molar-refractivity contribution in [1.82, 2.24) is 20.6 Å². The van der Waals surface area contributed by atoms with E-state index in [9.17, 15) is 17.6 Å². The Morgan fingerprint density at radius 2 is 1.80 bits per heavy atom. The number of aliphatic imine (C=N–C) groups is 2. The van der Waals surface area contributed by atoms with Crippen LogP contribution in [0.15, 0.2) is 40.4 Å². The van der Waals surface area contributed by atoms with E-state index in [1.54, 1.807) is 0 Å². The van der Waals surface area contributed by atoms with Gasteiger partial charge in [-0.15, -0.1) is 0 Å². The monoisotopic (exact) mass is 424 g/mol. The van der Waals surface area contributed by atoms with Crippen molar-refractivity contribution in [3.63, 3.8) is 0 Å². The van der Waals surface area contributed by atoms with Crippen molar-refractivity contribution in [3.8, 4) is 0 Å². The number of nitrogens with zero attached hydrogens (tertiary/aromatic N) is 4. The molecule has 30 heavy (non-hydrogen) atoms. The molecular weight excluding hydrogens is 404 g/mol. The molecule has 1 aliphatic rings. The normalized spacial score (nSPS) is 19.6. The van der Waals surface area contributed by atoms with Crippen LogP contribution in [0.5, 0.6) is 0 Å². The van der Waals surface area contributed by atoms with Gasteiger partial charge in [0.15, 0.2) is 11.7 Å². The molecule has 0 saturated heterocycles. The van der Waals surface area contributed by atoms with Crippen LogP contribution in [0.4, 0.5) is 23.4 Å². The maximum Gasteiger partial charge on any atom is 0.433 e. The number of halogens is 4. The first-order chi connectivity index (χ1) is 13.8. The van der Waals surface area contributed by atoms with Gasteiger partial charge in [-0.25, -0.2) is 19.4 Å². The van der Waals surface area contributed by atoms with Crippen molar-refractivity contribution in [2.45, 2.75) is 38.3 Å². The number of pyridine rings is 2. The fourth-order valence-electron chi connectivity index (χ4n) is 2.63. The van der Waals surface area contributed by atoms with Gasteiger partial charge in [-0.05, 0) is 45.0 Å². The Morgan fingerprint density at radius 1 is 1.10 bits per heavy atom. The van der Waals surface area contributed by atoms with Crippen LogP contribution in [-0.4, -0.2) is 27.3 Å². The molecule has 0 amide bonds. The SMILES string of the molecule is CC(C)(C)NC1=NC(N)(c2ccnc(C(F)(F)F)c2)N=C(c2nc(N)ccc2F)N1. The van der Waals surface area contributed by atoms with Gasteiger partial charge in [0.1, 0.15) is 17.2 Å². The molecule has 160 valence electrons. The molecule has 0 bridgehead atoms. The molecule has 0 aromatic carbocycles. The molecular formula is C18H20F4N8. The Balaban J connectivity index is 2.16. The summed E-state index contributed by atoms with van der Waals surface area (Å²) >= 11 is 0. The standard InChI is InChI=1S/C18H20F4N8/c1-16(2,3)29-15-27-14(13-10(19)4-5-12(23)26-13)28-18(24,30-15)9-6-7-25-11(8-9)17(20,21)22/h4-8H,24H2,1-3H3,(H2,23,26)(H2,27,28,29,30). The van der Waals surface area contributed by atoms with Gasteiger partial charge in [0.2, 0.25) is 11.7 Å². The summed E-state index contributed by atoms with van der Waals surface area (Å²) in [6, 6.07) is 4.35. The van der Waals surface area contributed by atoms with Crippen molar-refractivity contribution < 1.29 is 17.6 Å². The van der Waals surface area contributed by atoms with Gasteiger partial charge in [-0.2, -0.15) is 13.2 Å². The Labute approximate surface area is 169 Å². The van der Waals surface area contributed by atoms with E-state index in [4.69, 9.17) is 11.5 Å². The first kappa shape index (κ1) is 21.4. The lowest BCUT2D eigenvalue weighted by Crippen LogP contribution is -2.55. The number of hydrogen-bond donors (Lipinski definition) is 4. The van der Waals surface area contributed by atoms with Crippen molar-refractivity contribution in [3.05, 3.63) is 53.2 Å². The van der Waals surface area contributed by atoms with Gasteiger partial charge in [-0.3, -0.25) is 10.7 Å². The Bertz CT molecular complexity index is 1030. The summed E-state index contributed by atoms with van der Waals surface area (Å²) in [6.07, 6.45) is -3.74. The highest BCUT2D eigenvalue weighted by Gasteiger charge is 2.38. The zero-order valence-corrected chi connectivity index (χ0v) is 16.3. The number of nitrogen functional groups attached to an aromatic ring is 1. The molecule has 1 atom stereocenters. The van der Waals surface area contributed by atoms with Crippen molar-refractivity contribution >= 4 is 17.6 Å². The Morgan fingerprint density at radius 3 is 2.43 bits per heavy atom. The zero-order valence-electron chi connectivity index (χ0n) is 16.3. The number of aromatic nitrogens is 2. The average Bonchev–Trinajstić information content (AvgIpc) is 2.61. The van der Waals surface area contributed by atoms with Crippen molar-refractivity contribution in [1.29, 1.82) is 0 Å². The van der Waals surface area contributed by atoms with Crippen LogP contribution < -0.4 is 22.1 Å². The molecule has 0 radical (unpaired) electrons. The third-order valence-corrected chi connectivity index (χ3v) is 3.86. The third kappa shape index (κ3) is 4.64. The lowest BCUT2D eigenvalue weighted by molar-refractivity contribution is -0.141. The first-order valence-electron chi connectivity index (χ1n) is 8.77. The van der Waals surface area contributed by atoms with E-state index in [2.05, 4.69) is 30.6 Å². The molecule has 8 nitrogen and oxygen atoms in total. The van der Waals surface area contributed by atoms with Gasteiger partial charge < -0.3 is 16.4 Å². The second-order valence-electron chi connectivity index (χ2n) is 7.64. The number of hydrogen-bond acceptors (Lipinski definition) is 8. The highest BCUT2D eigenvalue weighted by molar-refractivity contribution is 6.09. The van der Waals surface area contributed by atoms with Gasteiger partial charge in [0.05, 0.1) is 0 Å². The highest BCUT2D eigenvalue weighted by Crippen LogP contribution is 2.32. The predicted octanol–water partition coefficient (Wildman–Crippen LogP) is 2.08.